The van der Waals surface area contributed by atoms with Gasteiger partial charge in [0.05, 0.1) is 11.7 Å². The first kappa shape index (κ1) is 12.6. The molecule has 1 aromatic rings. The lowest BCUT2D eigenvalue weighted by Crippen LogP contribution is -2.35. The fraction of sp³-hybridized carbons (Fsp3) is 0.667. The first-order valence-electron chi connectivity index (χ1n) is 5.97. The summed E-state index contributed by atoms with van der Waals surface area (Å²) in [5, 5.41) is 0. The molecule has 94 valence electrons. The number of nitrogens with one attached hydrogen (secondary N) is 1. The van der Waals surface area contributed by atoms with Crippen molar-refractivity contribution in [2.45, 2.75) is 25.8 Å². The zero-order valence-electron chi connectivity index (χ0n) is 10.6. The van der Waals surface area contributed by atoms with Gasteiger partial charge in [-0.3, -0.25) is 9.69 Å². The van der Waals surface area contributed by atoms with Crippen molar-refractivity contribution in [1.29, 1.82) is 0 Å². The van der Waals surface area contributed by atoms with Crippen LogP contribution in [-0.2, 0) is 0 Å². The van der Waals surface area contributed by atoms with Crippen LogP contribution in [-0.4, -0.2) is 40.0 Å². The van der Waals surface area contributed by atoms with Crippen molar-refractivity contribution >= 4 is 11.8 Å². The second kappa shape index (κ2) is 5.23. The van der Waals surface area contributed by atoms with E-state index in [1.54, 1.807) is 6.07 Å². The van der Waals surface area contributed by atoms with Crippen LogP contribution in [0.25, 0.3) is 0 Å². The Balaban J connectivity index is 2.34. The summed E-state index contributed by atoms with van der Waals surface area (Å²) < 4.78 is 0. The van der Waals surface area contributed by atoms with Gasteiger partial charge in [-0.15, -0.1) is 0 Å². The van der Waals surface area contributed by atoms with E-state index in [0.717, 1.165) is 29.6 Å². The molecule has 1 atom stereocenters. The number of thioether (sulfide) groups is 1. The molecule has 0 amide bonds. The number of hydrogen-bond donors (Lipinski definition) is 1. The molecule has 1 fully saturated rings. The van der Waals surface area contributed by atoms with E-state index in [4.69, 9.17) is 0 Å². The van der Waals surface area contributed by atoms with E-state index in [1.807, 2.05) is 11.8 Å². The lowest BCUT2D eigenvalue weighted by Gasteiger charge is -2.31. The molecule has 2 heterocycles. The van der Waals surface area contributed by atoms with Crippen LogP contribution in [0.2, 0.25) is 0 Å². The molecule has 0 aromatic carbocycles. The van der Waals surface area contributed by atoms with Crippen molar-refractivity contribution in [1.82, 2.24) is 14.9 Å². The van der Waals surface area contributed by atoms with E-state index in [2.05, 4.69) is 35.8 Å². The van der Waals surface area contributed by atoms with E-state index in [-0.39, 0.29) is 17.5 Å². The third-order valence-corrected chi connectivity index (χ3v) is 4.11. The molecule has 1 saturated heterocycles. The van der Waals surface area contributed by atoms with Crippen molar-refractivity contribution < 1.29 is 0 Å². The Hall–Kier alpha value is -0.810. The van der Waals surface area contributed by atoms with Gasteiger partial charge in [-0.25, -0.2) is 4.98 Å². The van der Waals surface area contributed by atoms with Crippen LogP contribution in [0.15, 0.2) is 10.9 Å². The minimum atomic E-state index is -0.0392. The van der Waals surface area contributed by atoms with Gasteiger partial charge in [0, 0.05) is 24.1 Å². The number of aromatic nitrogens is 2. The van der Waals surface area contributed by atoms with Crippen LogP contribution >= 0.6 is 11.8 Å². The highest BCUT2D eigenvalue weighted by atomic mass is 32.2. The van der Waals surface area contributed by atoms with E-state index < -0.39 is 0 Å². The zero-order valence-corrected chi connectivity index (χ0v) is 11.4. The Labute approximate surface area is 106 Å². The summed E-state index contributed by atoms with van der Waals surface area (Å²) in [5.41, 5.74) is 0.843. The number of aromatic amines is 1. The molecule has 0 radical (unpaired) electrons. The highest BCUT2D eigenvalue weighted by Crippen LogP contribution is 2.25. The van der Waals surface area contributed by atoms with Crippen LogP contribution in [0.1, 0.15) is 37.3 Å². The largest absolute Gasteiger partial charge is 0.309 e. The van der Waals surface area contributed by atoms with E-state index >= 15 is 0 Å². The highest BCUT2D eigenvalue weighted by molar-refractivity contribution is 7.99. The van der Waals surface area contributed by atoms with Crippen molar-refractivity contribution in [2.24, 2.45) is 0 Å². The Kier molecular flexibility index (Phi) is 3.89. The average Bonchev–Trinajstić information content (AvgIpc) is 2.28. The molecule has 1 aliphatic heterocycles. The van der Waals surface area contributed by atoms with Crippen molar-refractivity contribution in [3.05, 3.63) is 27.9 Å². The average molecular weight is 253 g/mol. The lowest BCUT2D eigenvalue weighted by atomic mass is 10.1. The molecule has 0 spiro atoms. The topological polar surface area (TPSA) is 49.0 Å². The van der Waals surface area contributed by atoms with Crippen molar-refractivity contribution in [2.75, 3.05) is 25.1 Å². The fourth-order valence-electron chi connectivity index (χ4n) is 1.92. The van der Waals surface area contributed by atoms with E-state index in [9.17, 15) is 4.79 Å². The smallest absolute Gasteiger partial charge is 0.251 e. The third-order valence-electron chi connectivity index (χ3n) is 3.08. The maximum absolute atomic E-state index is 11.6. The van der Waals surface area contributed by atoms with Crippen LogP contribution in [0.4, 0.5) is 0 Å². The normalized spacial score (nSPS) is 22.0. The summed E-state index contributed by atoms with van der Waals surface area (Å²) >= 11 is 1.92. The first-order chi connectivity index (χ1) is 8.08. The van der Waals surface area contributed by atoms with Crippen molar-refractivity contribution in [3.63, 3.8) is 0 Å². The molecule has 2 rings (SSSR count). The lowest BCUT2D eigenvalue weighted by molar-refractivity contribution is 0.263. The summed E-state index contributed by atoms with van der Waals surface area (Å²) in [7, 11) is 2.09. The Morgan fingerprint density at radius 2 is 2.35 bits per heavy atom. The van der Waals surface area contributed by atoms with Crippen LogP contribution in [0.3, 0.4) is 0 Å². The molecule has 1 aromatic heterocycles. The number of hydrogen-bond acceptors (Lipinski definition) is 4. The molecular formula is C12H19N3OS. The number of H-pyrrole nitrogens is 1. The molecule has 0 bridgehead atoms. The highest BCUT2D eigenvalue weighted by Gasteiger charge is 2.23. The molecule has 0 aliphatic carbocycles. The predicted octanol–water partition coefficient (Wildman–Crippen LogP) is 1.61. The summed E-state index contributed by atoms with van der Waals surface area (Å²) in [6.45, 7) is 5.17. The first-order valence-corrected chi connectivity index (χ1v) is 7.12. The van der Waals surface area contributed by atoms with Crippen LogP contribution < -0.4 is 5.56 Å². The fourth-order valence-corrected chi connectivity index (χ4v) is 3.14. The van der Waals surface area contributed by atoms with Gasteiger partial charge >= 0.3 is 0 Å². The summed E-state index contributed by atoms with van der Waals surface area (Å²) in [5.74, 6) is 3.26. The van der Waals surface area contributed by atoms with Gasteiger partial charge in [-0.05, 0) is 13.0 Å². The molecule has 1 aliphatic rings. The van der Waals surface area contributed by atoms with Gasteiger partial charge in [0.1, 0.15) is 5.82 Å². The predicted molar refractivity (Wildman–Crippen MR) is 71.6 cm³/mol. The van der Waals surface area contributed by atoms with Gasteiger partial charge in [0.2, 0.25) is 0 Å². The number of rotatable bonds is 2. The Morgan fingerprint density at radius 1 is 1.59 bits per heavy atom. The molecular weight excluding hydrogens is 234 g/mol. The second-order valence-corrected chi connectivity index (χ2v) is 5.93. The Morgan fingerprint density at radius 3 is 3.00 bits per heavy atom. The molecule has 17 heavy (non-hydrogen) atoms. The second-order valence-electron chi connectivity index (χ2n) is 4.78. The summed E-state index contributed by atoms with van der Waals surface area (Å²) in [6, 6.07) is 1.84. The van der Waals surface area contributed by atoms with Crippen LogP contribution in [0.5, 0.6) is 0 Å². The molecule has 4 nitrogen and oxygen atoms in total. The maximum Gasteiger partial charge on any atom is 0.251 e. The third kappa shape index (κ3) is 2.90. The monoisotopic (exact) mass is 253 g/mol. The molecule has 1 unspecified atom stereocenters. The van der Waals surface area contributed by atoms with Gasteiger partial charge in [0.15, 0.2) is 0 Å². The van der Waals surface area contributed by atoms with Gasteiger partial charge in [-0.2, -0.15) is 11.8 Å². The minimum Gasteiger partial charge on any atom is -0.309 e. The molecule has 1 N–H and O–H groups in total. The van der Waals surface area contributed by atoms with E-state index in [1.165, 1.54) is 0 Å². The number of nitrogens with zero attached hydrogens (tertiary/aromatic N) is 2. The SMILES string of the molecule is CC(C)c1cc(=O)[nH]c(C2CSCCN2C)n1. The van der Waals surface area contributed by atoms with E-state index in [0.29, 0.717) is 0 Å². The molecule has 5 heteroatoms. The van der Waals surface area contributed by atoms with Gasteiger partial charge in [0.25, 0.3) is 5.56 Å². The Bertz CT molecular complexity index is 444. The van der Waals surface area contributed by atoms with Crippen molar-refractivity contribution in [3.8, 4) is 0 Å². The molecule has 0 saturated carbocycles. The minimum absolute atomic E-state index is 0.0392. The van der Waals surface area contributed by atoms with Crippen LogP contribution in [0, 0.1) is 0 Å². The van der Waals surface area contributed by atoms with Gasteiger partial charge in [-0.1, -0.05) is 13.8 Å². The summed E-state index contributed by atoms with van der Waals surface area (Å²) in [6.07, 6.45) is 0. The zero-order chi connectivity index (χ0) is 12.4. The summed E-state index contributed by atoms with van der Waals surface area (Å²) in [4.78, 5) is 21.4. The quantitative estimate of drug-likeness (QED) is 0.870. The standard InChI is InChI=1S/C12H19N3OS/c1-8(2)9-6-11(16)14-12(13-9)10-7-17-5-4-15(10)3/h6,8,10H,4-5,7H2,1-3H3,(H,13,14,16). The maximum atomic E-state index is 11.6. The van der Waals surface area contributed by atoms with Gasteiger partial charge < -0.3 is 4.98 Å².